The number of aldehydes is 1. The topological polar surface area (TPSA) is 42.0 Å². The summed E-state index contributed by atoms with van der Waals surface area (Å²) in [6.07, 6.45) is 3.65. The molecule has 0 aliphatic carbocycles. The smallest absolute Gasteiger partial charge is 0.150 e. The lowest BCUT2D eigenvalue weighted by Crippen LogP contribution is -2.35. The third-order valence-electron chi connectivity index (χ3n) is 2.12. The van der Waals surface area contributed by atoms with Gasteiger partial charge in [-0.25, -0.2) is 0 Å². The molecule has 1 aliphatic rings. The first-order valence-corrected chi connectivity index (χ1v) is 4.04. The van der Waals surface area contributed by atoms with E-state index < -0.39 is 0 Å². The summed E-state index contributed by atoms with van der Waals surface area (Å²) in [5, 5.41) is 3.23. The number of nitrogens with zero attached hydrogens (tertiary/aromatic N) is 1. The van der Waals surface area contributed by atoms with Crippen molar-refractivity contribution in [1.82, 2.24) is 10.3 Å². The van der Waals surface area contributed by atoms with Crippen molar-refractivity contribution in [3.63, 3.8) is 0 Å². The SMILES string of the molecule is O=Cc1ccnc([C@H]2CCN2)c1. The van der Waals surface area contributed by atoms with Gasteiger partial charge in [0.2, 0.25) is 0 Å². The van der Waals surface area contributed by atoms with E-state index in [9.17, 15) is 4.79 Å². The van der Waals surface area contributed by atoms with Crippen molar-refractivity contribution < 1.29 is 4.79 Å². The highest BCUT2D eigenvalue weighted by atomic mass is 16.1. The van der Waals surface area contributed by atoms with E-state index in [4.69, 9.17) is 0 Å². The highest BCUT2D eigenvalue weighted by Crippen LogP contribution is 2.20. The van der Waals surface area contributed by atoms with E-state index in [0.29, 0.717) is 11.6 Å². The average Bonchev–Trinajstić information content (AvgIpc) is 2.02. The molecule has 0 bridgehead atoms. The van der Waals surface area contributed by atoms with Crippen LogP contribution in [0.3, 0.4) is 0 Å². The zero-order valence-electron chi connectivity index (χ0n) is 6.66. The van der Waals surface area contributed by atoms with Crippen LogP contribution in [0.2, 0.25) is 0 Å². The highest BCUT2D eigenvalue weighted by molar-refractivity contribution is 5.74. The maximum Gasteiger partial charge on any atom is 0.150 e. The second-order valence-corrected chi connectivity index (χ2v) is 2.93. The van der Waals surface area contributed by atoms with Gasteiger partial charge >= 0.3 is 0 Å². The summed E-state index contributed by atoms with van der Waals surface area (Å²) < 4.78 is 0. The largest absolute Gasteiger partial charge is 0.309 e. The quantitative estimate of drug-likeness (QED) is 0.658. The van der Waals surface area contributed by atoms with Crippen molar-refractivity contribution >= 4 is 6.29 Å². The molecule has 0 saturated carbocycles. The predicted molar refractivity (Wildman–Crippen MR) is 45.0 cm³/mol. The van der Waals surface area contributed by atoms with Gasteiger partial charge in [0, 0.05) is 11.8 Å². The van der Waals surface area contributed by atoms with E-state index in [-0.39, 0.29) is 0 Å². The van der Waals surface area contributed by atoms with Gasteiger partial charge in [-0.15, -0.1) is 0 Å². The first-order valence-electron chi connectivity index (χ1n) is 4.04. The molecule has 1 aromatic rings. The summed E-state index contributed by atoms with van der Waals surface area (Å²) in [4.78, 5) is 14.6. The Bertz CT molecular complexity index is 294. The molecule has 12 heavy (non-hydrogen) atoms. The first kappa shape index (κ1) is 7.43. The second-order valence-electron chi connectivity index (χ2n) is 2.93. The van der Waals surface area contributed by atoms with Crippen molar-refractivity contribution in [2.24, 2.45) is 0 Å². The number of pyridine rings is 1. The lowest BCUT2D eigenvalue weighted by molar-refractivity contribution is 0.112. The molecule has 3 heteroatoms. The Labute approximate surface area is 70.8 Å². The third kappa shape index (κ3) is 1.23. The lowest BCUT2D eigenvalue weighted by atomic mass is 10.0. The number of aromatic nitrogens is 1. The zero-order valence-corrected chi connectivity index (χ0v) is 6.66. The molecule has 1 N–H and O–H groups in total. The Morgan fingerprint density at radius 1 is 1.67 bits per heavy atom. The molecule has 3 nitrogen and oxygen atoms in total. The zero-order chi connectivity index (χ0) is 8.39. The van der Waals surface area contributed by atoms with Gasteiger partial charge in [-0.2, -0.15) is 0 Å². The van der Waals surface area contributed by atoms with E-state index in [0.717, 1.165) is 24.9 Å². The van der Waals surface area contributed by atoms with Crippen LogP contribution in [0.4, 0.5) is 0 Å². The fourth-order valence-electron chi connectivity index (χ4n) is 1.27. The van der Waals surface area contributed by atoms with Crippen LogP contribution < -0.4 is 5.32 Å². The molecule has 2 rings (SSSR count). The molecule has 2 heterocycles. The van der Waals surface area contributed by atoms with Gasteiger partial charge in [-0.3, -0.25) is 9.78 Å². The van der Waals surface area contributed by atoms with Crippen LogP contribution in [0, 0.1) is 0 Å². The van der Waals surface area contributed by atoms with Crippen LogP contribution in [0.15, 0.2) is 18.3 Å². The van der Waals surface area contributed by atoms with Crippen molar-refractivity contribution in [2.45, 2.75) is 12.5 Å². The van der Waals surface area contributed by atoms with Crippen LogP contribution in [0.5, 0.6) is 0 Å². The van der Waals surface area contributed by atoms with Crippen LogP contribution >= 0.6 is 0 Å². The Morgan fingerprint density at radius 2 is 2.50 bits per heavy atom. The van der Waals surface area contributed by atoms with Crippen molar-refractivity contribution in [2.75, 3.05) is 6.54 Å². The Hall–Kier alpha value is -1.22. The van der Waals surface area contributed by atoms with Gasteiger partial charge in [0.1, 0.15) is 6.29 Å². The Balaban J connectivity index is 2.25. The molecule has 0 unspecified atom stereocenters. The van der Waals surface area contributed by atoms with E-state index in [1.807, 2.05) is 6.07 Å². The van der Waals surface area contributed by atoms with Gasteiger partial charge in [-0.1, -0.05) is 0 Å². The number of nitrogens with one attached hydrogen (secondary N) is 1. The molecule has 1 saturated heterocycles. The second kappa shape index (κ2) is 3.03. The van der Waals surface area contributed by atoms with E-state index in [2.05, 4.69) is 10.3 Å². The van der Waals surface area contributed by atoms with E-state index in [1.54, 1.807) is 12.3 Å². The highest BCUT2D eigenvalue weighted by Gasteiger charge is 2.19. The lowest BCUT2D eigenvalue weighted by Gasteiger charge is -2.26. The molecule has 0 spiro atoms. The molecular formula is C9H10N2O. The normalized spacial score (nSPS) is 21.5. The molecule has 62 valence electrons. The molecule has 0 aromatic carbocycles. The summed E-state index contributed by atoms with van der Waals surface area (Å²) >= 11 is 0. The molecule has 1 fully saturated rings. The van der Waals surface area contributed by atoms with Crippen LogP contribution in [-0.4, -0.2) is 17.8 Å². The Kier molecular flexibility index (Phi) is 1.87. The van der Waals surface area contributed by atoms with Crippen LogP contribution in [-0.2, 0) is 0 Å². The van der Waals surface area contributed by atoms with E-state index in [1.165, 1.54) is 0 Å². The van der Waals surface area contributed by atoms with Gasteiger partial charge < -0.3 is 5.32 Å². The maximum atomic E-state index is 10.4. The minimum absolute atomic E-state index is 0.366. The van der Waals surface area contributed by atoms with Crippen LogP contribution in [0.1, 0.15) is 28.5 Å². The number of hydrogen-bond acceptors (Lipinski definition) is 3. The number of carbonyl (C=O) groups is 1. The van der Waals surface area contributed by atoms with Crippen LogP contribution in [0.25, 0.3) is 0 Å². The molecule has 1 aromatic heterocycles. The standard InChI is InChI=1S/C9H10N2O/c12-6-7-1-3-11-9(5-7)8-2-4-10-8/h1,3,5-6,8,10H,2,4H2/t8-/m1/s1. The molecule has 1 atom stereocenters. The summed E-state index contributed by atoms with van der Waals surface area (Å²) in [5.41, 5.74) is 1.68. The molecule has 1 aliphatic heterocycles. The summed E-state index contributed by atoms with van der Waals surface area (Å²) in [7, 11) is 0. The predicted octanol–water partition coefficient (Wildman–Crippen LogP) is 0.929. The molecule has 0 amide bonds. The summed E-state index contributed by atoms with van der Waals surface area (Å²) in [5.74, 6) is 0. The fourth-order valence-corrected chi connectivity index (χ4v) is 1.27. The van der Waals surface area contributed by atoms with Crippen molar-refractivity contribution in [1.29, 1.82) is 0 Å². The van der Waals surface area contributed by atoms with Crippen molar-refractivity contribution in [3.05, 3.63) is 29.6 Å². The third-order valence-corrected chi connectivity index (χ3v) is 2.12. The van der Waals surface area contributed by atoms with Gasteiger partial charge in [0.15, 0.2) is 0 Å². The summed E-state index contributed by atoms with van der Waals surface area (Å²) in [6.45, 7) is 1.05. The number of carbonyl (C=O) groups excluding carboxylic acids is 1. The fraction of sp³-hybridized carbons (Fsp3) is 0.333. The van der Waals surface area contributed by atoms with Crippen molar-refractivity contribution in [3.8, 4) is 0 Å². The van der Waals surface area contributed by atoms with Gasteiger partial charge in [0.25, 0.3) is 0 Å². The van der Waals surface area contributed by atoms with E-state index >= 15 is 0 Å². The monoisotopic (exact) mass is 162 g/mol. The summed E-state index contributed by atoms with van der Waals surface area (Å²) in [6, 6.07) is 3.92. The average molecular weight is 162 g/mol. The van der Waals surface area contributed by atoms with Gasteiger partial charge in [-0.05, 0) is 25.1 Å². The minimum atomic E-state index is 0.366. The minimum Gasteiger partial charge on any atom is -0.309 e. The van der Waals surface area contributed by atoms with Gasteiger partial charge in [0.05, 0.1) is 11.7 Å². The number of rotatable bonds is 2. The molecular weight excluding hydrogens is 152 g/mol. The maximum absolute atomic E-state index is 10.4. The molecule has 0 radical (unpaired) electrons. The first-order chi connectivity index (χ1) is 5.90. The number of hydrogen-bond donors (Lipinski definition) is 1. The Morgan fingerprint density at radius 3 is 3.08 bits per heavy atom.